The van der Waals surface area contributed by atoms with Gasteiger partial charge in [0.1, 0.15) is 12.3 Å². The van der Waals surface area contributed by atoms with Crippen LogP contribution in [0.25, 0.3) is 22.8 Å². The molecule has 5 rings (SSSR count). The number of benzene rings is 2. The number of carbonyl (C=O) groups excluding carboxylic acids is 1. The fourth-order valence-corrected chi connectivity index (χ4v) is 4.14. The lowest BCUT2D eigenvalue weighted by atomic mass is 10.1. The molecule has 0 saturated carbocycles. The van der Waals surface area contributed by atoms with Crippen molar-refractivity contribution in [2.45, 2.75) is 25.8 Å². The van der Waals surface area contributed by atoms with Crippen molar-refractivity contribution in [3.8, 4) is 22.8 Å². The van der Waals surface area contributed by atoms with Crippen LogP contribution < -0.4 is 0 Å². The SMILES string of the molecule is Cc1c(Cl)cccc1-c1noc(C2CCCN2C(=O)c2ccccc2-c2ncco2)n1. The Hall–Kier alpha value is -3.45. The number of carbonyl (C=O) groups is 1. The second kappa shape index (κ2) is 8.00. The number of halogens is 1. The Morgan fingerprint density at radius 1 is 1.16 bits per heavy atom. The van der Waals surface area contributed by atoms with Crippen LogP contribution in [0.3, 0.4) is 0 Å². The van der Waals surface area contributed by atoms with Crippen molar-refractivity contribution in [2.24, 2.45) is 0 Å². The Labute approximate surface area is 183 Å². The first kappa shape index (κ1) is 19.5. The van der Waals surface area contributed by atoms with Crippen molar-refractivity contribution in [2.75, 3.05) is 6.54 Å². The monoisotopic (exact) mass is 434 g/mol. The van der Waals surface area contributed by atoms with Crippen LogP contribution in [0.2, 0.25) is 5.02 Å². The zero-order valence-corrected chi connectivity index (χ0v) is 17.5. The molecule has 3 heterocycles. The van der Waals surface area contributed by atoms with Gasteiger partial charge in [0, 0.05) is 22.7 Å². The first-order valence-electron chi connectivity index (χ1n) is 10.0. The van der Waals surface area contributed by atoms with E-state index in [1.807, 2.05) is 43.3 Å². The second-order valence-electron chi connectivity index (χ2n) is 7.41. The fourth-order valence-electron chi connectivity index (χ4n) is 3.96. The molecular weight excluding hydrogens is 416 g/mol. The van der Waals surface area contributed by atoms with Crippen LogP contribution in [-0.2, 0) is 0 Å². The van der Waals surface area contributed by atoms with Crippen LogP contribution in [0, 0.1) is 6.92 Å². The van der Waals surface area contributed by atoms with E-state index in [2.05, 4.69) is 15.1 Å². The Bertz CT molecular complexity index is 1240. The molecule has 0 spiro atoms. The van der Waals surface area contributed by atoms with Crippen LogP contribution in [0.15, 0.2) is 63.9 Å². The van der Waals surface area contributed by atoms with E-state index >= 15 is 0 Å². The number of nitrogens with zero attached hydrogens (tertiary/aromatic N) is 4. The normalized spacial score (nSPS) is 16.1. The molecule has 0 aliphatic carbocycles. The van der Waals surface area contributed by atoms with Gasteiger partial charge in [0.15, 0.2) is 0 Å². The first-order valence-corrected chi connectivity index (χ1v) is 10.4. The smallest absolute Gasteiger partial charge is 0.255 e. The van der Waals surface area contributed by atoms with E-state index in [0.29, 0.717) is 40.3 Å². The summed E-state index contributed by atoms with van der Waals surface area (Å²) < 4.78 is 11.0. The van der Waals surface area contributed by atoms with Crippen molar-refractivity contribution in [3.63, 3.8) is 0 Å². The lowest BCUT2D eigenvalue weighted by Gasteiger charge is -2.22. The van der Waals surface area contributed by atoms with Crippen LogP contribution in [0.4, 0.5) is 0 Å². The summed E-state index contributed by atoms with van der Waals surface area (Å²) in [6.07, 6.45) is 4.66. The molecule has 7 nitrogen and oxygen atoms in total. The maximum absolute atomic E-state index is 13.5. The van der Waals surface area contributed by atoms with Crippen LogP contribution in [0.5, 0.6) is 0 Å². The molecule has 0 bridgehead atoms. The Morgan fingerprint density at radius 2 is 2.00 bits per heavy atom. The molecule has 4 aromatic rings. The van der Waals surface area contributed by atoms with Crippen LogP contribution >= 0.6 is 11.6 Å². The highest BCUT2D eigenvalue weighted by Crippen LogP contribution is 2.35. The van der Waals surface area contributed by atoms with Crippen LogP contribution in [0.1, 0.15) is 40.7 Å². The predicted octanol–water partition coefficient (Wildman–Crippen LogP) is 5.33. The van der Waals surface area contributed by atoms with E-state index in [1.54, 1.807) is 17.2 Å². The lowest BCUT2D eigenvalue weighted by molar-refractivity contribution is 0.0710. The van der Waals surface area contributed by atoms with Crippen LogP contribution in [-0.4, -0.2) is 32.5 Å². The largest absolute Gasteiger partial charge is 0.445 e. The number of aromatic nitrogens is 3. The van der Waals surface area contributed by atoms with Gasteiger partial charge in [0.2, 0.25) is 17.6 Å². The minimum absolute atomic E-state index is 0.116. The number of oxazole rings is 1. The van der Waals surface area contributed by atoms with Gasteiger partial charge in [0.25, 0.3) is 5.91 Å². The van der Waals surface area contributed by atoms with Gasteiger partial charge in [-0.25, -0.2) is 4.98 Å². The van der Waals surface area contributed by atoms with E-state index in [1.165, 1.54) is 6.26 Å². The minimum atomic E-state index is -0.286. The molecule has 0 radical (unpaired) electrons. The summed E-state index contributed by atoms with van der Waals surface area (Å²) in [6, 6.07) is 12.6. The topological polar surface area (TPSA) is 85.3 Å². The molecule has 0 N–H and O–H groups in total. The summed E-state index contributed by atoms with van der Waals surface area (Å²) in [6.45, 7) is 2.52. The highest BCUT2D eigenvalue weighted by atomic mass is 35.5. The zero-order valence-electron chi connectivity index (χ0n) is 16.8. The van der Waals surface area contributed by atoms with Crippen molar-refractivity contribution >= 4 is 17.5 Å². The third-order valence-corrected chi connectivity index (χ3v) is 5.98. The summed E-state index contributed by atoms with van der Waals surface area (Å²) in [5, 5.41) is 4.79. The molecule has 1 fully saturated rings. The molecular formula is C23H19ClN4O3. The van der Waals surface area contributed by atoms with Gasteiger partial charge in [-0.15, -0.1) is 0 Å². The zero-order chi connectivity index (χ0) is 21.4. The summed E-state index contributed by atoms with van der Waals surface area (Å²) in [5.74, 6) is 1.19. The molecule has 8 heteroatoms. The first-order chi connectivity index (χ1) is 15.1. The molecule has 156 valence electrons. The molecule has 1 unspecified atom stereocenters. The highest BCUT2D eigenvalue weighted by Gasteiger charge is 2.35. The maximum atomic E-state index is 13.5. The predicted molar refractivity (Wildman–Crippen MR) is 114 cm³/mol. The molecule has 31 heavy (non-hydrogen) atoms. The van der Waals surface area contributed by atoms with Gasteiger partial charge in [-0.1, -0.05) is 41.0 Å². The van der Waals surface area contributed by atoms with E-state index in [0.717, 1.165) is 24.0 Å². The molecule has 1 saturated heterocycles. The molecule has 1 aliphatic rings. The molecule has 1 amide bonds. The number of likely N-dealkylation sites (tertiary alicyclic amines) is 1. The molecule has 2 aromatic heterocycles. The lowest BCUT2D eigenvalue weighted by Crippen LogP contribution is -2.31. The van der Waals surface area contributed by atoms with Gasteiger partial charge < -0.3 is 13.8 Å². The Kier molecular flexibility index (Phi) is 5.03. The van der Waals surface area contributed by atoms with Gasteiger partial charge in [-0.3, -0.25) is 4.79 Å². The molecule has 1 aliphatic heterocycles. The summed E-state index contributed by atoms with van der Waals surface area (Å²) in [5.41, 5.74) is 2.88. The van der Waals surface area contributed by atoms with Crippen molar-refractivity contribution < 1.29 is 13.7 Å². The second-order valence-corrected chi connectivity index (χ2v) is 7.82. The van der Waals surface area contributed by atoms with Gasteiger partial charge in [-0.2, -0.15) is 4.98 Å². The third kappa shape index (κ3) is 3.51. The average Bonchev–Trinajstić information content (AvgIpc) is 3.55. The van der Waals surface area contributed by atoms with E-state index in [4.69, 9.17) is 20.5 Å². The Morgan fingerprint density at radius 3 is 2.84 bits per heavy atom. The molecule has 2 aromatic carbocycles. The van der Waals surface area contributed by atoms with Gasteiger partial charge in [-0.05, 0) is 43.5 Å². The number of hydrogen-bond acceptors (Lipinski definition) is 6. The highest BCUT2D eigenvalue weighted by molar-refractivity contribution is 6.31. The number of amides is 1. The number of hydrogen-bond donors (Lipinski definition) is 0. The third-order valence-electron chi connectivity index (χ3n) is 5.57. The van der Waals surface area contributed by atoms with E-state index in [-0.39, 0.29) is 11.9 Å². The average molecular weight is 435 g/mol. The number of rotatable bonds is 4. The quantitative estimate of drug-likeness (QED) is 0.431. The standard InChI is InChI=1S/C23H19ClN4O3/c1-14-15(8-4-9-18(14)24)20-26-22(31-27-20)19-10-5-12-28(19)23(29)17-7-3-2-6-16(17)21-25-11-13-30-21/h2-4,6-9,11,13,19H,5,10,12H2,1H3. The van der Waals surface area contributed by atoms with Crippen molar-refractivity contribution in [1.82, 2.24) is 20.0 Å². The van der Waals surface area contributed by atoms with Crippen molar-refractivity contribution in [1.29, 1.82) is 0 Å². The fraction of sp³-hybridized carbons (Fsp3) is 0.217. The van der Waals surface area contributed by atoms with Gasteiger partial charge >= 0.3 is 0 Å². The summed E-state index contributed by atoms with van der Waals surface area (Å²) >= 11 is 6.24. The van der Waals surface area contributed by atoms with Crippen molar-refractivity contribution in [3.05, 3.63) is 77.0 Å². The maximum Gasteiger partial charge on any atom is 0.255 e. The summed E-state index contributed by atoms with van der Waals surface area (Å²) in [4.78, 5) is 24.1. The molecule has 1 atom stereocenters. The minimum Gasteiger partial charge on any atom is -0.445 e. The van der Waals surface area contributed by atoms with Gasteiger partial charge in [0.05, 0.1) is 11.8 Å². The Balaban J connectivity index is 1.46. The van der Waals surface area contributed by atoms with E-state index in [9.17, 15) is 4.79 Å². The van der Waals surface area contributed by atoms with E-state index < -0.39 is 0 Å². The summed E-state index contributed by atoms with van der Waals surface area (Å²) in [7, 11) is 0.